The third kappa shape index (κ3) is 9.82. The summed E-state index contributed by atoms with van der Waals surface area (Å²) in [5.74, 6) is -4.37. The molecule has 0 aromatic carbocycles. The van der Waals surface area contributed by atoms with Gasteiger partial charge in [-0.2, -0.15) is 0 Å². The van der Waals surface area contributed by atoms with E-state index >= 15 is 0 Å². The van der Waals surface area contributed by atoms with Crippen LogP contribution in [0.1, 0.15) is 0 Å². The first-order valence-corrected chi connectivity index (χ1v) is 1.07. The molecule has 0 aromatic heterocycles. The quantitative estimate of drug-likeness (QED) is 0.260. The fourth-order valence-corrected chi connectivity index (χ4v) is 0. The third-order valence-electron chi connectivity index (χ3n) is 0.167. The minimum atomic E-state index is -2.19. The van der Waals surface area contributed by atoms with E-state index in [2.05, 4.69) is 0 Å². The van der Waals surface area contributed by atoms with Crippen LogP contribution in [0.2, 0.25) is 0 Å². The number of hydrogen-bond donors (Lipinski definition) is 0. The molecule has 36 valence electrons. The van der Waals surface area contributed by atoms with Crippen LogP contribution in [-0.2, 0) is 31.3 Å². The fraction of sp³-hybridized carbons (Fsp3) is 0. The number of carboxylic acids is 2. The van der Waals surface area contributed by atoms with Crippen LogP contribution in [0.3, 0.4) is 0 Å². The molecule has 0 amide bonds. The average molecular weight is 159 g/mol. The maximum absolute atomic E-state index is 8.93. The third-order valence-corrected chi connectivity index (χ3v) is 0.167. The Balaban J connectivity index is -0.000000125. The second kappa shape index (κ2) is 7.65. The van der Waals surface area contributed by atoms with E-state index in [0.29, 0.717) is 0 Å². The number of carbonyl (C=O) groups is 2. The summed E-state index contributed by atoms with van der Waals surface area (Å²) < 4.78 is 0. The summed E-state index contributed by atoms with van der Waals surface area (Å²) >= 11 is 0. The molecule has 6 heteroatoms. The standard InChI is InChI=1S/C2H2O4.Na.Ti/c3-1(4)2(5)6;;/h(H,3,4)(H,5,6);;/q;+1;+2/p-2. The van der Waals surface area contributed by atoms with Gasteiger partial charge in [-0.15, -0.1) is 0 Å². The maximum atomic E-state index is 8.93. The molecule has 4 nitrogen and oxygen atoms in total. The van der Waals surface area contributed by atoms with E-state index in [0.717, 1.165) is 0 Å². The van der Waals surface area contributed by atoms with Crippen molar-refractivity contribution in [1.82, 2.24) is 0 Å². The summed E-state index contributed by atoms with van der Waals surface area (Å²) in [6.07, 6.45) is 0. The molecule has 0 saturated carbocycles. The fourth-order valence-electron chi connectivity index (χ4n) is 0. The van der Waals surface area contributed by atoms with Crippen molar-refractivity contribution in [1.29, 1.82) is 0 Å². The molecule has 0 rings (SSSR count). The van der Waals surface area contributed by atoms with Crippen molar-refractivity contribution in [3.8, 4) is 0 Å². The van der Waals surface area contributed by atoms with Crippen LogP contribution in [0.5, 0.6) is 0 Å². The Morgan fingerprint density at radius 2 is 1.12 bits per heavy atom. The van der Waals surface area contributed by atoms with Gasteiger partial charge in [0.05, 0.1) is 11.9 Å². The Kier molecular flexibility index (Phi) is 15.2. The van der Waals surface area contributed by atoms with Crippen molar-refractivity contribution < 1.29 is 71.1 Å². The molecule has 0 N–H and O–H groups in total. The first-order valence-electron chi connectivity index (χ1n) is 1.07. The number of aliphatic carboxylic acids is 2. The van der Waals surface area contributed by atoms with Gasteiger partial charge >= 0.3 is 51.3 Å². The molecule has 8 heavy (non-hydrogen) atoms. The van der Waals surface area contributed by atoms with Crippen LogP contribution in [-0.4, -0.2) is 11.9 Å². The van der Waals surface area contributed by atoms with Crippen molar-refractivity contribution in [2.75, 3.05) is 0 Å². The van der Waals surface area contributed by atoms with Crippen LogP contribution in [0.25, 0.3) is 0 Å². The summed E-state index contributed by atoms with van der Waals surface area (Å²) in [6.45, 7) is 0. The predicted molar refractivity (Wildman–Crippen MR) is 10.0 cm³/mol. The van der Waals surface area contributed by atoms with Gasteiger partial charge in [-0.05, 0) is 0 Å². The minimum absolute atomic E-state index is 0. The average Bonchev–Trinajstić information content (AvgIpc) is 1.36. The molecule has 0 spiro atoms. The van der Waals surface area contributed by atoms with Crippen LogP contribution < -0.4 is 39.8 Å². The molecular weight excluding hydrogens is 159 g/mol. The SMILES string of the molecule is O=C([O-])C(=O)[O-].[Na+].[Ti+2]. The smallest absolute Gasteiger partial charge is 0.543 e. The van der Waals surface area contributed by atoms with E-state index in [1.165, 1.54) is 0 Å². The molecule has 0 heterocycles. The Morgan fingerprint density at radius 1 is 1.00 bits per heavy atom. The summed E-state index contributed by atoms with van der Waals surface area (Å²) in [7, 11) is 0. The van der Waals surface area contributed by atoms with E-state index in [-0.39, 0.29) is 51.3 Å². The predicted octanol–water partition coefficient (Wildman–Crippen LogP) is -6.51. The Hall–Kier alpha value is 0.654. The molecule has 0 atom stereocenters. The Morgan fingerprint density at radius 3 is 1.12 bits per heavy atom. The zero-order chi connectivity index (χ0) is 5.15. The first kappa shape index (κ1) is 15.9. The molecule has 0 bridgehead atoms. The second-order valence-corrected chi connectivity index (χ2v) is 0.575. The van der Waals surface area contributed by atoms with Gasteiger partial charge in [0, 0.05) is 0 Å². The van der Waals surface area contributed by atoms with Crippen LogP contribution >= 0.6 is 0 Å². The van der Waals surface area contributed by atoms with Crippen molar-refractivity contribution in [3.63, 3.8) is 0 Å². The zero-order valence-electron chi connectivity index (χ0n) is 4.13. The van der Waals surface area contributed by atoms with Crippen LogP contribution in [0, 0.1) is 0 Å². The molecule has 0 radical (unpaired) electrons. The summed E-state index contributed by atoms with van der Waals surface area (Å²) in [5.41, 5.74) is 0. The molecule has 0 aliphatic carbocycles. The van der Waals surface area contributed by atoms with Crippen molar-refractivity contribution in [2.24, 2.45) is 0 Å². The largest absolute Gasteiger partial charge is 2.00 e. The molecule has 0 saturated heterocycles. The first-order chi connectivity index (χ1) is 2.64. The summed E-state index contributed by atoms with van der Waals surface area (Å²) in [6, 6.07) is 0. The van der Waals surface area contributed by atoms with Gasteiger partial charge in [-0.3, -0.25) is 0 Å². The van der Waals surface area contributed by atoms with Gasteiger partial charge in [0.15, 0.2) is 0 Å². The molecule has 0 aromatic rings. The molecule has 0 fully saturated rings. The van der Waals surface area contributed by atoms with Gasteiger partial charge in [0.1, 0.15) is 0 Å². The minimum Gasteiger partial charge on any atom is -0.543 e. The Labute approximate surface area is 82.4 Å². The maximum Gasteiger partial charge on any atom is 2.00 e. The van der Waals surface area contributed by atoms with E-state index in [9.17, 15) is 0 Å². The van der Waals surface area contributed by atoms with E-state index < -0.39 is 11.9 Å². The van der Waals surface area contributed by atoms with E-state index in [1.807, 2.05) is 0 Å². The van der Waals surface area contributed by atoms with Crippen molar-refractivity contribution >= 4 is 11.9 Å². The van der Waals surface area contributed by atoms with E-state index in [1.54, 1.807) is 0 Å². The van der Waals surface area contributed by atoms with Gasteiger partial charge in [0.2, 0.25) is 0 Å². The topological polar surface area (TPSA) is 80.3 Å². The second-order valence-electron chi connectivity index (χ2n) is 0.575. The Bertz CT molecular complexity index is 80.0. The van der Waals surface area contributed by atoms with Crippen molar-refractivity contribution in [3.05, 3.63) is 0 Å². The molecule has 0 aliphatic heterocycles. The van der Waals surface area contributed by atoms with Gasteiger partial charge in [-0.25, -0.2) is 0 Å². The molecule has 0 unspecified atom stereocenters. The van der Waals surface area contributed by atoms with Gasteiger partial charge in [0.25, 0.3) is 0 Å². The molecule has 0 aliphatic rings. The van der Waals surface area contributed by atoms with Crippen molar-refractivity contribution in [2.45, 2.75) is 0 Å². The number of carbonyl (C=O) groups excluding carboxylic acids is 2. The zero-order valence-corrected chi connectivity index (χ0v) is 7.69. The van der Waals surface area contributed by atoms with Gasteiger partial charge < -0.3 is 19.8 Å². The number of hydrogen-bond acceptors (Lipinski definition) is 4. The molecular formula is C2NaO4Ti+. The summed E-state index contributed by atoms with van der Waals surface area (Å²) in [5, 5.41) is 17.9. The van der Waals surface area contributed by atoms with E-state index in [4.69, 9.17) is 19.8 Å². The van der Waals surface area contributed by atoms with Crippen LogP contribution in [0.4, 0.5) is 0 Å². The monoisotopic (exact) mass is 159 g/mol. The normalized spacial score (nSPS) is 5.50. The van der Waals surface area contributed by atoms with Crippen LogP contribution in [0.15, 0.2) is 0 Å². The number of carboxylic acid groups (broad SMARTS) is 2. The number of rotatable bonds is 0. The summed E-state index contributed by atoms with van der Waals surface area (Å²) in [4.78, 5) is 17.9. The van der Waals surface area contributed by atoms with Gasteiger partial charge in [-0.1, -0.05) is 0 Å².